The van der Waals surface area contributed by atoms with E-state index in [-0.39, 0.29) is 17.1 Å². The lowest BCUT2D eigenvalue weighted by molar-refractivity contribution is -0.176. The summed E-state index contributed by atoms with van der Waals surface area (Å²) in [6.45, 7) is 7.41. The van der Waals surface area contributed by atoms with E-state index in [1.807, 2.05) is 25.0 Å². The zero-order valence-corrected chi connectivity index (χ0v) is 16.9. The van der Waals surface area contributed by atoms with Crippen molar-refractivity contribution in [1.82, 2.24) is 25.3 Å². The number of aromatic nitrogens is 2. The standard InChI is InChI=1S/C18H34N6O/c1-17(2)15(9-18(17,3)25-8)22-16(19-4)20-11-14(23(5)6)13-10-21-24(7)12-13/h10,12,14-15H,9,11H2,1-8H3,(H2,19,20,22). The number of guanidine groups is 1. The number of aryl methyl sites for hydroxylation is 1. The van der Waals surface area contributed by atoms with Gasteiger partial charge in [-0.1, -0.05) is 13.8 Å². The zero-order chi connectivity index (χ0) is 18.8. The van der Waals surface area contributed by atoms with E-state index in [1.165, 1.54) is 5.56 Å². The molecule has 142 valence electrons. The summed E-state index contributed by atoms with van der Waals surface area (Å²) < 4.78 is 7.54. The Morgan fingerprint density at radius 3 is 2.60 bits per heavy atom. The lowest BCUT2D eigenvalue weighted by Crippen LogP contribution is -2.69. The molecule has 7 nitrogen and oxygen atoms in total. The maximum Gasteiger partial charge on any atom is 0.191 e. The second-order valence-corrected chi connectivity index (χ2v) is 7.94. The predicted octanol–water partition coefficient (Wildman–Crippen LogP) is 1.39. The first-order chi connectivity index (χ1) is 11.6. The van der Waals surface area contributed by atoms with E-state index in [2.05, 4.69) is 66.7 Å². The highest BCUT2D eigenvalue weighted by molar-refractivity contribution is 5.80. The third-order valence-electron chi connectivity index (χ3n) is 6.01. The molecule has 0 bridgehead atoms. The minimum absolute atomic E-state index is 0.0453. The number of likely N-dealkylation sites (N-methyl/N-ethyl adjacent to an activating group) is 1. The normalized spacial score (nSPS) is 27.1. The van der Waals surface area contributed by atoms with Gasteiger partial charge >= 0.3 is 0 Å². The van der Waals surface area contributed by atoms with Crippen molar-refractivity contribution >= 4 is 5.96 Å². The largest absolute Gasteiger partial charge is 0.378 e. The van der Waals surface area contributed by atoms with Crippen LogP contribution >= 0.6 is 0 Å². The molecule has 0 spiro atoms. The van der Waals surface area contributed by atoms with Gasteiger partial charge in [-0.2, -0.15) is 5.10 Å². The Labute approximate surface area is 151 Å². The van der Waals surface area contributed by atoms with Crippen molar-refractivity contribution in [3.63, 3.8) is 0 Å². The van der Waals surface area contributed by atoms with Gasteiger partial charge in [-0.15, -0.1) is 0 Å². The van der Waals surface area contributed by atoms with E-state index in [1.54, 1.807) is 7.11 Å². The Bertz CT molecular complexity index is 608. The first kappa shape index (κ1) is 19.7. The van der Waals surface area contributed by atoms with Crippen LogP contribution in [-0.4, -0.2) is 67.1 Å². The number of hydrogen-bond acceptors (Lipinski definition) is 4. The van der Waals surface area contributed by atoms with Crippen LogP contribution in [0.25, 0.3) is 0 Å². The molecule has 7 heteroatoms. The fourth-order valence-electron chi connectivity index (χ4n) is 3.49. The second kappa shape index (κ2) is 7.33. The van der Waals surface area contributed by atoms with Crippen molar-refractivity contribution in [2.75, 3.05) is 34.8 Å². The number of nitrogens with zero attached hydrogens (tertiary/aromatic N) is 4. The van der Waals surface area contributed by atoms with Gasteiger partial charge in [-0.3, -0.25) is 9.67 Å². The molecule has 25 heavy (non-hydrogen) atoms. The molecule has 2 N–H and O–H groups in total. The molecule has 1 aliphatic carbocycles. The van der Waals surface area contributed by atoms with Gasteiger partial charge in [0, 0.05) is 51.0 Å². The van der Waals surface area contributed by atoms with Crippen LogP contribution in [0.4, 0.5) is 0 Å². The molecule has 1 aromatic rings. The molecular formula is C18H34N6O. The molecular weight excluding hydrogens is 316 g/mol. The summed E-state index contributed by atoms with van der Waals surface area (Å²) in [4.78, 5) is 6.58. The van der Waals surface area contributed by atoms with Crippen LogP contribution in [0.2, 0.25) is 0 Å². The third-order valence-corrected chi connectivity index (χ3v) is 6.01. The summed E-state index contributed by atoms with van der Waals surface area (Å²) in [7, 11) is 9.70. The first-order valence-corrected chi connectivity index (χ1v) is 8.82. The fourth-order valence-corrected chi connectivity index (χ4v) is 3.49. The summed E-state index contributed by atoms with van der Waals surface area (Å²) >= 11 is 0. The molecule has 3 unspecified atom stereocenters. The number of methoxy groups -OCH3 is 1. The van der Waals surface area contributed by atoms with Crippen LogP contribution in [0, 0.1) is 5.41 Å². The molecule has 1 saturated carbocycles. The number of aliphatic imine (C=N–C) groups is 1. The highest BCUT2D eigenvalue weighted by Crippen LogP contribution is 2.51. The smallest absolute Gasteiger partial charge is 0.191 e. The number of ether oxygens (including phenoxy) is 1. The fraction of sp³-hybridized carbons (Fsp3) is 0.778. The molecule has 0 saturated heterocycles. The van der Waals surface area contributed by atoms with E-state index in [0.717, 1.165) is 18.9 Å². The summed E-state index contributed by atoms with van der Waals surface area (Å²) in [6.07, 6.45) is 4.94. The number of rotatable bonds is 6. The highest BCUT2D eigenvalue weighted by atomic mass is 16.5. The molecule has 0 aliphatic heterocycles. The lowest BCUT2D eigenvalue weighted by atomic mass is 9.56. The molecule has 0 amide bonds. The summed E-state index contributed by atoms with van der Waals surface area (Å²) in [5.74, 6) is 0.826. The van der Waals surface area contributed by atoms with Crippen molar-refractivity contribution in [2.45, 2.75) is 44.9 Å². The molecule has 2 rings (SSSR count). The average molecular weight is 351 g/mol. The van der Waals surface area contributed by atoms with Crippen molar-refractivity contribution in [1.29, 1.82) is 0 Å². The minimum atomic E-state index is -0.0919. The summed E-state index contributed by atoms with van der Waals surface area (Å²) in [5, 5.41) is 11.3. The zero-order valence-electron chi connectivity index (χ0n) is 16.9. The van der Waals surface area contributed by atoms with Gasteiger partial charge in [0.2, 0.25) is 0 Å². The Hall–Kier alpha value is -1.60. The highest BCUT2D eigenvalue weighted by Gasteiger charge is 2.58. The predicted molar refractivity (Wildman–Crippen MR) is 102 cm³/mol. The first-order valence-electron chi connectivity index (χ1n) is 8.82. The van der Waals surface area contributed by atoms with Crippen LogP contribution in [-0.2, 0) is 11.8 Å². The number of nitrogens with one attached hydrogen (secondary N) is 2. The van der Waals surface area contributed by atoms with Crippen LogP contribution in [0.3, 0.4) is 0 Å². The summed E-state index contributed by atoms with van der Waals surface area (Å²) in [6, 6.07) is 0.561. The van der Waals surface area contributed by atoms with Gasteiger partial charge < -0.3 is 20.3 Å². The molecule has 0 radical (unpaired) electrons. The van der Waals surface area contributed by atoms with Gasteiger partial charge in [0.05, 0.1) is 17.8 Å². The quantitative estimate of drug-likeness (QED) is 0.599. The van der Waals surface area contributed by atoms with E-state index in [4.69, 9.17) is 4.74 Å². The Morgan fingerprint density at radius 1 is 1.48 bits per heavy atom. The van der Waals surface area contributed by atoms with Crippen molar-refractivity contribution in [3.8, 4) is 0 Å². The average Bonchev–Trinajstić information content (AvgIpc) is 2.98. The van der Waals surface area contributed by atoms with Crippen LogP contribution in [0.15, 0.2) is 17.4 Å². The van der Waals surface area contributed by atoms with Crippen LogP contribution < -0.4 is 10.6 Å². The maximum atomic E-state index is 5.71. The maximum absolute atomic E-state index is 5.71. The monoisotopic (exact) mass is 350 g/mol. The second-order valence-electron chi connectivity index (χ2n) is 7.94. The lowest BCUT2D eigenvalue weighted by Gasteiger charge is -2.59. The SMILES string of the molecule is CN=C(NCC(c1cnn(C)c1)N(C)C)NC1CC(C)(OC)C1(C)C. The molecule has 1 heterocycles. The van der Waals surface area contributed by atoms with Gasteiger partial charge in [0.1, 0.15) is 0 Å². The van der Waals surface area contributed by atoms with Gasteiger partial charge in [0.25, 0.3) is 0 Å². The molecule has 3 atom stereocenters. The molecule has 0 aromatic carbocycles. The minimum Gasteiger partial charge on any atom is -0.378 e. The molecule has 1 aliphatic rings. The Kier molecular flexibility index (Phi) is 5.79. The van der Waals surface area contributed by atoms with Crippen molar-refractivity contribution in [2.24, 2.45) is 17.5 Å². The topological polar surface area (TPSA) is 66.7 Å². The van der Waals surface area contributed by atoms with Crippen LogP contribution in [0.5, 0.6) is 0 Å². The Balaban J connectivity index is 1.96. The van der Waals surface area contributed by atoms with E-state index in [9.17, 15) is 0 Å². The van der Waals surface area contributed by atoms with Crippen LogP contribution in [0.1, 0.15) is 38.8 Å². The Morgan fingerprint density at radius 2 is 2.16 bits per heavy atom. The van der Waals surface area contributed by atoms with Crippen molar-refractivity contribution < 1.29 is 4.74 Å². The van der Waals surface area contributed by atoms with E-state index >= 15 is 0 Å². The van der Waals surface area contributed by atoms with Crippen molar-refractivity contribution in [3.05, 3.63) is 18.0 Å². The third kappa shape index (κ3) is 3.82. The number of hydrogen-bond donors (Lipinski definition) is 2. The molecule has 1 fully saturated rings. The summed E-state index contributed by atoms with van der Waals surface area (Å²) in [5.41, 5.74) is 1.14. The van der Waals surface area contributed by atoms with Gasteiger partial charge in [-0.05, 0) is 27.4 Å². The van der Waals surface area contributed by atoms with Gasteiger partial charge in [0.15, 0.2) is 5.96 Å². The molecule has 1 aromatic heterocycles. The van der Waals surface area contributed by atoms with E-state index in [0.29, 0.717) is 6.04 Å². The van der Waals surface area contributed by atoms with E-state index < -0.39 is 0 Å². The van der Waals surface area contributed by atoms with Gasteiger partial charge in [-0.25, -0.2) is 0 Å².